The molecule has 1 N–H and O–H groups in total. The Bertz CT molecular complexity index is 815. The first kappa shape index (κ1) is 24.0. The normalized spacial score (nSPS) is 14.7. The fraction of sp³-hybridized carbons (Fsp3) is 0.625. The molecule has 0 saturated carbocycles. The van der Waals surface area contributed by atoms with Crippen LogP contribution in [0, 0.1) is 5.92 Å². The van der Waals surface area contributed by atoms with E-state index in [1.165, 1.54) is 12.8 Å². The van der Waals surface area contributed by atoms with Crippen LogP contribution in [0.25, 0.3) is 11.4 Å². The van der Waals surface area contributed by atoms with Gasteiger partial charge < -0.3 is 24.4 Å². The first-order valence-corrected chi connectivity index (χ1v) is 11.9. The molecule has 1 aliphatic rings. The molecule has 0 unspecified atom stereocenters. The van der Waals surface area contributed by atoms with Crippen LogP contribution < -0.4 is 15.0 Å². The van der Waals surface area contributed by atoms with Gasteiger partial charge in [-0.15, -0.1) is 0 Å². The van der Waals surface area contributed by atoms with Crippen molar-refractivity contribution < 1.29 is 14.1 Å². The SMILES string of the molecule is CCCCN(CC)CCCNC(=O)C1CCN(c2nc(-c3ccc(OC)cc3)no2)CC1. The zero-order chi connectivity index (χ0) is 22.8. The molecule has 8 heteroatoms. The van der Waals surface area contributed by atoms with Crippen LogP contribution in [0.4, 0.5) is 6.01 Å². The number of piperidine rings is 1. The van der Waals surface area contributed by atoms with Crippen molar-refractivity contribution in [1.29, 1.82) is 0 Å². The molecule has 0 aliphatic carbocycles. The summed E-state index contributed by atoms with van der Waals surface area (Å²) in [5, 5.41) is 7.24. The average Bonchev–Trinajstić information content (AvgIpc) is 3.34. The van der Waals surface area contributed by atoms with Crippen LogP contribution in [0.15, 0.2) is 28.8 Å². The zero-order valence-corrected chi connectivity index (χ0v) is 19.7. The fourth-order valence-corrected chi connectivity index (χ4v) is 4.00. The van der Waals surface area contributed by atoms with E-state index in [1.54, 1.807) is 7.11 Å². The van der Waals surface area contributed by atoms with E-state index in [0.717, 1.165) is 69.8 Å². The Morgan fingerprint density at radius 3 is 2.56 bits per heavy atom. The van der Waals surface area contributed by atoms with Crippen LogP contribution in [0.2, 0.25) is 0 Å². The number of anilines is 1. The van der Waals surface area contributed by atoms with Gasteiger partial charge in [0.1, 0.15) is 5.75 Å². The summed E-state index contributed by atoms with van der Waals surface area (Å²) in [7, 11) is 1.64. The van der Waals surface area contributed by atoms with Gasteiger partial charge >= 0.3 is 6.01 Å². The van der Waals surface area contributed by atoms with Gasteiger partial charge in [-0.1, -0.05) is 25.4 Å². The van der Waals surface area contributed by atoms with Crippen molar-refractivity contribution in [3.8, 4) is 17.1 Å². The van der Waals surface area contributed by atoms with Gasteiger partial charge in [0.05, 0.1) is 7.11 Å². The number of carbonyl (C=O) groups is 1. The summed E-state index contributed by atoms with van der Waals surface area (Å²) in [5.41, 5.74) is 0.881. The summed E-state index contributed by atoms with van der Waals surface area (Å²) >= 11 is 0. The third-order valence-corrected chi connectivity index (χ3v) is 6.13. The van der Waals surface area contributed by atoms with Gasteiger partial charge in [-0.3, -0.25) is 4.79 Å². The minimum Gasteiger partial charge on any atom is -0.497 e. The molecule has 3 rings (SSSR count). The van der Waals surface area contributed by atoms with Gasteiger partial charge in [-0.05, 0) is 69.6 Å². The lowest BCUT2D eigenvalue weighted by Gasteiger charge is -2.29. The van der Waals surface area contributed by atoms with Crippen LogP contribution >= 0.6 is 0 Å². The topological polar surface area (TPSA) is 83.7 Å². The maximum Gasteiger partial charge on any atom is 0.324 e. The molecule has 0 atom stereocenters. The highest BCUT2D eigenvalue weighted by Gasteiger charge is 2.27. The molecule has 8 nitrogen and oxygen atoms in total. The number of nitrogens with one attached hydrogen (secondary N) is 1. The van der Waals surface area contributed by atoms with E-state index < -0.39 is 0 Å². The van der Waals surface area contributed by atoms with Gasteiger partial charge in [-0.25, -0.2) is 0 Å². The lowest BCUT2D eigenvalue weighted by Crippen LogP contribution is -2.41. The number of unbranched alkanes of at least 4 members (excludes halogenated alkanes) is 1. The average molecular weight is 444 g/mol. The minimum atomic E-state index is 0.0533. The minimum absolute atomic E-state index is 0.0533. The molecule has 2 heterocycles. The van der Waals surface area contributed by atoms with E-state index in [4.69, 9.17) is 9.26 Å². The summed E-state index contributed by atoms with van der Waals surface area (Å²) < 4.78 is 10.7. The second-order valence-corrected chi connectivity index (χ2v) is 8.32. The molecular weight excluding hydrogens is 406 g/mol. The third kappa shape index (κ3) is 6.69. The van der Waals surface area contributed by atoms with E-state index in [2.05, 4.69) is 39.1 Å². The van der Waals surface area contributed by atoms with Gasteiger partial charge in [0.2, 0.25) is 11.7 Å². The molecule has 1 aromatic heterocycles. The van der Waals surface area contributed by atoms with Crippen LogP contribution in [0.1, 0.15) is 46.0 Å². The number of hydrogen-bond acceptors (Lipinski definition) is 7. The molecule has 0 bridgehead atoms. The number of benzene rings is 1. The predicted octanol–water partition coefficient (Wildman–Crippen LogP) is 3.59. The summed E-state index contributed by atoms with van der Waals surface area (Å²) in [5.74, 6) is 1.57. The molecule has 0 radical (unpaired) electrons. The number of ether oxygens (including phenoxy) is 1. The number of hydrogen-bond donors (Lipinski definition) is 1. The molecule has 32 heavy (non-hydrogen) atoms. The van der Waals surface area contributed by atoms with Crippen molar-refractivity contribution in [2.75, 3.05) is 51.3 Å². The van der Waals surface area contributed by atoms with E-state index in [-0.39, 0.29) is 11.8 Å². The first-order chi connectivity index (χ1) is 15.6. The van der Waals surface area contributed by atoms with Crippen LogP contribution in [0.5, 0.6) is 5.75 Å². The second kappa shape index (κ2) is 12.4. The van der Waals surface area contributed by atoms with Gasteiger partial charge in [0.25, 0.3) is 0 Å². The quantitative estimate of drug-likeness (QED) is 0.502. The Labute approximate surface area is 191 Å². The highest BCUT2D eigenvalue weighted by molar-refractivity contribution is 5.78. The summed E-state index contributed by atoms with van der Waals surface area (Å²) in [6, 6.07) is 8.09. The number of carbonyl (C=O) groups excluding carboxylic acids is 1. The van der Waals surface area contributed by atoms with Crippen LogP contribution in [-0.2, 0) is 4.79 Å². The van der Waals surface area contributed by atoms with Gasteiger partial charge in [0, 0.05) is 31.1 Å². The van der Waals surface area contributed by atoms with Gasteiger partial charge in [-0.2, -0.15) is 4.98 Å². The molecule has 176 valence electrons. The lowest BCUT2D eigenvalue weighted by molar-refractivity contribution is -0.125. The molecular formula is C24H37N5O3. The van der Waals surface area contributed by atoms with Crippen LogP contribution in [0.3, 0.4) is 0 Å². The predicted molar refractivity (Wildman–Crippen MR) is 126 cm³/mol. The number of nitrogens with zero attached hydrogens (tertiary/aromatic N) is 4. The zero-order valence-electron chi connectivity index (χ0n) is 19.7. The number of amides is 1. The molecule has 2 aromatic rings. The van der Waals surface area contributed by atoms with Crippen molar-refractivity contribution in [3.63, 3.8) is 0 Å². The van der Waals surface area contributed by atoms with Crippen molar-refractivity contribution in [2.24, 2.45) is 5.92 Å². The maximum atomic E-state index is 12.6. The monoisotopic (exact) mass is 443 g/mol. The molecule has 1 aromatic carbocycles. The largest absolute Gasteiger partial charge is 0.497 e. The van der Waals surface area contributed by atoms with E-state index in [9.17, 15) is 4.79 Å². The lowest BCUT2D eigenvalue weighted by atomic mass is 9.96. The summed E-state index contributed by atoms with van der Waals surface area (Å²) in [6.07, 6.45) is 5.05. The van der Waals surface area contributed by atoms with Crippen molar-refractivity contribution >= 4 is 11.9 Å². The Balaban J connectivity index is 1.40. The number of methoxy groups -OCH3 is 1. The Hall–Kier alpha value is -2.61. The van der Waals surface area contributed by atoms with Crippen molar-refractivity contribution in [1.82, 2.24) is 20.4 Å². The fourth-order valence-electron chi connectivity index (χ4n) is 4.00. The molecule has 1 fully saturated rings. The molecule has 1 aliphatic heterocycles. The Kier molecular flexibility index (Phi) is 9.34. The Morgan fingerprint density at radius 1 is 1.19 bits per heavy atom. The summed E-state index contributed by atoms with van der Waals surface area (Å²) in [6.45, 7) is 9.91. The number of rotatable bonds is 12. The second-order valence-electron chi connectivity index (χ2n) is 8.32. The van der Waals surface area contributed by atoms with E-state index in [0.29, 0.717) is 11.8 Å². The van der Waals surface area contributed by atoms with Crippen molar-refractivity contribution in [3.05, 3.63) is 24.3 Å². The number of aromatic nitrogens is 2. The smallest absolute Gasteiger partial charge is 0.324 e. The van der Waals surface area contributed by atoms with Gasteiger partial charge in [0.15, 0.2) is 0 Å². The van der Waals surface area contributed by atoms with E-state index >= 15 is 0 Å². The molecule has 1 saturated heterocycles. The molecule has 0 spiro atoms. The standard InChI is InChI=1S/C24H37N5O3/c1-4-6-15-28(5-2)16-7-14-25-23(30)20-12-17-29(18-13-20)24-26-22(27-32-24)19-8-10-21(31-3)11-9-19/h8-11,20H,4-7,12-18H2,1-3H3,(H,25,30). The highest BCUT2D eigenvalue weighted by atomic mass is 16.5. The van der Waals surface area contributed by atoms with E-state index in [1.807, 2.05) is 24.3 Å². The van der Waals surface area contributed by atoms with Crippen LogP contribution in [-0.4, -0.2) is 67.3 Å². The highest BCUT2D eigenvalue weighted by Crippen LogP contribution is 2.25. The third-order valence-electron chi connectivity index (χ3n) is 6.13. The first-order valence-electron chi connectivity index (χ1n) is 11.9. The molecule has 1 amide bonds. The Morgan fingerprint density at radius 2 is 1.91 bits per heavy atom. The maximum absolute atomic E-state index is 12.6. The van der Waals surface area contributed by atoms with Crippen molar-refractivity contribution in [2.45, 2.75) is 46.0 Å². The summed E-state index contributed by atoms with van der Waals surface area (Å²) in [4.78, 5) is 21.6.